The van der Waals surface area contributed by atoms with Crippen molar-refractivity contribution in [3.05, 3.63) is 63.6 Å². The van der Waals surface area contributed by atoms with Crippen LogP contribution in [0.1, 0.15) is 18.9 Å². The topological polar surface area (TPSA) is 62.1 Å². The monoisotopic (exact) mass is 374 g/mol. The van der Waals surface area contributed by atoms with E-state index in [2.05, 4.69) is 5.32 Å². The third kappa shape index (κ3) is 5.53. The van der Waals surface area contributed by atoms with Crippen molar-refractivity contribution >= 4 is 40.9 Å². The van der Waals surface area contributed by atoms with Crippen LogP contribution in [0.3, 0.4) is 0 Å². The molecule has 0 atom stereocenters. The molecule has 1 N–H and O–H groups in total. The van der Waals surface area contributed by atoms with Gasteiger partial charge in [-0.3, -0.25) is 4.79 Å². The van der Waals surface area contributed by atoms with Gasteiger partial charge in [-0.2, -0.15) is 5.26 Å². The largest absolute Gasteiger partial charge is 0.493 e. The Morgan fingerprint density at radius 1 is 1.24 bits per heavy atom. The van der Waals surface area contributed by atoms with Crippen molar-refractivity contribution < 1.29 is 9.53 Å². The zero-order valence-electron chi connectivity index (χ0n) is 13.6. The fraction of sp³-hybridized carbons (Fsp3) is 0.158. The summed E-state index contributed by atoms with van der Waals surface area (Å²) in [5.74, 6) is 0.0711. The number of halogens is 2. The molecule has 2 aromatic rings. The number of nitrogens with one attached hydrogen (secondary N) is 1. The number of rotatable bonds is 6. The van der Waals surface area contributed by atoms with Crippen LogP contribution in [0.5, 0.6) is 5.75 Å². The van der Waals surface area contributed by atoms with Gasteiger partial charge >= 0.3 is 0 Å². The number of amides is 1. The van der Waals surface area contributed by atoms with Crippen LogP contribution in [-0.4, -0.2) is 12.5 Å². The fourth-order valence-electron chi connectivity index (χ4n) is 2.07. The molecule has 0 radical (unpaired) electrons. The highest BCUT2D eigenvalue weighted by Gasteiger charge is 2.12. The average molecular weight is 375 g/mol. The maximum atomic E-state index is 12.4. The molecule has 0 aliphatic rings. The number of carbonyl (C=O) groups excluding carboxylic acids is 1. The highest BCUT2D eigenvalue weighted by atomic mass is 35.5. The highest BCUT2D eigenvalue weighted by molar-refractivity contribution is 6.35. The minimum absolute atomic E-state index is 0.0522. The molecule has 0 spiro atoms. The number of hydrogen-bond acceptors (Lipinski definition) is 3. The van der Waals surface area contributed by atoms with Gasteiger partial charge in [0.2, 0.25) is 0 Å². The molecule has 2 rings (SSSR count). The molecule has 128 valence electrons. The molecule has 0 bridgehead atoms. The van der Waals surface area contributed by atoms with E-state index in [1.807, 2.05) is 25.1 Å². The van der Waals surface area contributed by atoms with Crippen LogP contribution in [0.2, 0.25) is 10.0 Å². The molecule has 25 heavy (non-hydrogen) atoms. The van der Waals surface area contributed by atoms with E-state index in [0.29, 0.717) is 33.7 Å². The van der Waals surface area contributed by atoms with Crippen LogP contribution >= 0.6 is 23.2 Å². The third-order valence-electron chi connectivity index (χ3n) is 3.17. The number of nitriles is 1. The lowest BCUT2D eigenvalue weighted by Gasteiger charge is -2.09. The quantitative estimate of drug-likeness (QED) is 0.549. The van der Waals surface area contributed by atoms with Crippen molar-refractivity contribution in [1.29, 1.82) is 5.26 Å². The van der Waals surface area contributed by atoms with Crippen molar-refractivity contribution in [1.82, 2.24) is 0 Å². The Labute approximate surface area is 156 Å². The molecular weight excluding hydrogens is 359 g/mol. The molecule has 0 saturated heterocycles. The molecule has 0 unspecified atom stereocenters. The Morgan fingerprint density at radius 3 is 2.56 bits per heavy atom. The molecule has 0 aliphatic carbocycles. The van der Waals surface area contributed by atoms with Gasteiger partial charge in [0, 0.05) is 21.3 Å². The normalized spacial score (nSPS) is 10.9. The van der Waals surface area contributed by atoms with E-state index < -0.39 is 5.91 Å². The Balaban J connectivity index is 2.25. The Hall–Kier alpha value is -2.48. The summed E-state index contributed by atoms with van der Waals surface area (Å²) in [5.41, 5.74) is 1.02. The molecule has 0 saturated carbocycles. The Bertz CT molecular complexity index is 821. The molecule has 4 nitrogen and oxygen atoms in total. The molecule has 1 amide bonds. The fourth-order valence-corrected chi connectivity index (χ4v) is 2.60. The van der Waals surface area contributed by atoms with Crippen LogP contribution in [0, 0.1) is 11.3 Å². The van der Waals surface area contributed by atoms with Crippen LogP contribution < -0.4 is 10.1 Å². The SMILES string of the molecule is CCCOc1ccccc1/C=C(\C#N)C(=O)Nc1cc(Cl)cc(Cl)c1. The number of carbonyl (C=O) groups is 1. The number of ether oxygens (including phenoxy) is 1. The number of anilines is 1. The van der Waals surface area contributed by atoms with Crippen molar-refractivity contribution in [3.8, 4) is 11.8 Å². The molecule has 0 fully saturated rings. The van der Waals surface area contributed by atoms with Crippen LogP contribution in [0.4, 0.5) is 5.69 Å². The third-order valence-corrected chi connectivity index (χ3v) is 3.60. The summed E-state index contributed by atoms with van der Waals surface area (Å²) in [7, 11) is 0. The first-order valence-electron chi connectivity index (χ1n) is 7.64. The molecule has 6 heteroatoms. The summed E-state index contributed by atoms with van der Waals surface area (Å²) in [6.45, 7) is 2.56. The van der Waals surface area contributed by atoms with Gasteiger partial charge in [-0.15, -0.1) is 0 Å². The second kappa shape index (κ2) is 9.12. The second-order valence-corrected chi connectivity index (χ2v) is 6.04. The van der Waals surface area contributed by atoms with Gasteiger partial charge < -0.3 is 10.1 Å². The zero-order chi connectivity index (χ0) is 18.2. The number of para-hydroxylation sites is 1. The van der Waals surface area contributed by atoms with E-state index in [9.17, 15) is 10.1 Å². The van der Waals surface area contributed by atoms with Gasteiger partial charge in [0.1, 0.15) is 17.4 Å². The smallest absolute Gasteiger partial charge is 0.266 e. The lowest BCUT2D eigenvalue weighted by atomic mass is 10.1. The number of hydrogen-bond donors (Lipinski definition) is 1. The maximum Gasteiger partial charge on any atom is 0.266 e. The van der Waals surface area contributed by atoms with E-state index in [1.54, 1.807) is 30.3 Å². The molecular formula is C19H16Cl2N2O2. The van der Waals surface area contributed by atoms with E-state index in [-0.39, 0.29) is 5.57 Å². The Kier molecular flexibility index (Phi) is 6.88. The van der Waals surface area contributed by atoms with Crippen molar-refractivity contribution in [2.45, 2.75) is 13.3 Å². The van der Waals surface area contributed by atoms with Crippen LogP contribution in [-0.2, 0) is 4.79 Å². The van der Waals surface area contributed by atoms with Crippen molar-refractivity contribution in [3.63, 3.8) is 0 Å². The number of nitrogens with zero attached hydrogens (tertiary/aromatic N) is 1. The minimum atomic E-state index is -0.550. The van der Waals surface area contributed by atoms with Gasteiger partial charge in [-0.05, 0) is 36.8 Å². The molecule has 2 aromatic carbocycles. The van der Waals surface area contributed by atoms with E-state index >= 15 is 0 Å². The first-order chi connectivity index (χ1) is 12.0. The summed E-state index contributed by atoms with van der Waals surface area (Å²) in [5, 5.41) is 12.7. The highest BCUT2D eigenvalue weighted by Crippen LogP contribution is 2.24. The molecule has 0 aliphatic heterocycles. The summed E-state index contributed by atoms with van der Waals surface area (Å²) < 4.78 is 5.64. The van der Waals surface area contributed by atoms with Gasteiger partial charge in [0.25, 0.3) is 5.91 Å². The predicted molar refractivity (Wildman–Crippen MR) is 101 cm³/mol. The van der Waals surface area contributed by atoms with Crippen molar-refractivity contribution in [2.75, 3.05) is 11.9 Å². The zero-order valence-corrected chi connectivity index (χ0v) is 15.1. The van der Waals surface area contributed by atoms with E-state index in [0.717, 1.165) is 6.42 Å². The maximum absolute atomic E-state index is 12.4. The lowest BCUT2D eigenvalue weighted by molar-refractivity contribution is -0.112. The Morgan fingerprint density at radius 2 is 1.92 bits per heavy atom. The van der Waals surface area contributed by atoms with Gasteiger partial charge in [0.15, 0.2) is 0 Å². The van der Waals surface area contributed by atoms with Gasteiger partial charge in [-0.1, -0.05) is 48.3 Å². The number of benzene rings is 2. The first-order valence-corrected chi connectivity index (χ1v) is 8.40. The van der Waals surface area contributed by atoms with Crippen LogP contribution in [0.15, 0.2) is 48.0 Å². The first kappa shape index (κ1) is 18.9. The summed E-state index contributed by atoms with van der Waals surface area (Å²) in [6, 6.07) is 13.8. The minimum Gasteiger partial charge on any atom is -0.493 e. The van der Waals surface area contributed by atoms with Gasteiger partial charge in [-0.25, -0.2) is 0 Å². The molecule has 0 aromatic heterocycles. The van der Waals surface area contributed by atoms with Crippen molar-refractivity contribution in [2.24, 2.45) is 0 Å². The van der Waals surface area contributed by atoms with E-state index in [4.69, 9.17) is 27.9 Å². The average Bonchev–Trinajstić information content (AvgIpc) is 2.57. The second-order valence-electron chi connectivity index (χ2n) is 5.17. The summed E-state index contributed by atoms with van der Waals surface area (Å²) in [6.07, 6.45) is 2.35. The van der Waals surface area contributed by atoms with Crippen LogP contribution in [0.25, 0.3) is 6.08 Å². The standard InChI is InChI=1S/C19H16Cl2N2O2/c1-2-7-25-18-6-4-3-5-13(18)8-14(12-22)19(24)23-17-10-15(20)9-16(21)11-17/h3-6,8-11H,2,7H2,1H3,(H,23,24)/b14-8+. The lowest BCUT2D eigenvalue weighted by Crippen LogP contribution is -2.13. The van der Waals surface area contributed by atoms with Gasteiger partial charge in [0.05, 0.1) is 6.61 Å². The van der Waals surface area contributed by atoms with E-state index in [1.165, 1.54) is 6.08 Å². The summed E-state index contributed by atoms with van der Waals surface area (Å²) >= 11 is 11.8. The molecule has 0 heterocycles. The summed E-state index contributed by atoms with van der Waals surface area (Å²) in [4.78, 5) is 12.4. The predicted octanol–water partition coefficient (Wildman–Crippen LogP) is 5.33.